The zero-order valence-electron chi connectivity index (χ0n) is 8.14. The van der Waals surface area contributed by atoms with Gasteiger partial charge in [-0.2, -0.15) is 0 Å². The molecule has 0 bridgehead atoms. The lowest BCUT2D eigenvalue weighted by Crippen LogP contribution is -2.03. The van der Waals surface area contributed by atoms with Crippen molar-refractivity contribution in [2.45, 2.75) is 6.92 Å². The van der Waals surface area contributed by atoms with Gasteiger partial charge in [0.05, 0.1) is 0 Å². The van der Waals surface area contributed by atoms with Crippen molar-refractivity contribution < 1.29 is 14.7 Å². The first kappa shape index (κ1) is 18.9. The molecular formula is C9H13ClN2O3. The molecule has 0 aliphatic rings. The van der Waals surface area contributed by atoms with E-state index in [-0.39, 0.29) is 12.4 Å². The van der Waals surface area contributed by atoms with E-state index in [1.165, 1.54) is 5.56 Å². The number of nitrogens with one attached hydrogen (secondary N) is 1. The largest absolute Gasteiger partial charge is 0.465 e. The van der Waals surface area contributed by atoms with Gasteiger partial charge >= 0.3 is 6.09 Å². The summed E-state index contributed by atoms with van der Waals surface area (Å²) in [5.41, 5.74) is 5.35. The Morgan fingerprint density at radius 3 is 1.80 bits per heavy atom. The predicted octanol–water partition coefficient (Wildman–Crippen LogP) is 1.94. The SMILES string of the molecule is Cc1ccccc1.Cl.N=C=O.NC(=O)O. The van der Waals surface area contributed by atoms with Gasteiger partial charge in [0.1, 0.15) is 0 Å². The monoisotopic (exact) mass is 232 g/mol. The van der Waals surface area contributed by atoms with Crippen LogP contribution in [0.4, 0.5) is 4.79 Å². The smallest absolute Gasteiger partial charge is 0.402 e. The van der Waals surface area contributed by atoms with Gasteiger partial charge in [-0.05, 0) is 6.92 Å². The number of carboxylic acid groups (broad SMARTS) is 1. The second-order valence-corrected chi connectivity index (χ2v) is 2.10. The molecule has 0 spiro atoms. The van der Waals surface area contributed by atoms with Gasteiger partial charge < -0.3 is 10.8 Å². The molecule has 1 aromatic rings. The number of carbonyl (C=O) groups excluding carboxylic acids is 1. The van der Waals surface area contributed by atoms with E-state index in [4.69, 9.17) is 20.1 Å². The van der Waals surface area contributed by atoms with Crippen LogP contribution in [0, 0.1) is 12.3 Å². The van der Waals surface area contributed by atoms with Crippen molar-refractivity contribution >= 4 is 24.6 Å². The van der Waals surface area contributed by atoms with Crippen LogP contribution in [0.2, 0.25) is 0 Å². The lowest BCUT2D eigenvalue weighted by Gasteiger charge is -1.82. The third-order valence-corrected chi connectivity index (χ3v) is 0.940. The lowest BCUT2D eigenvalue weighted by molar-refractivity contribution is 0.205. The van der Waals surface area contributed by atoms with E-state index in [2.05, 4.69) is 24.8 Å². The third kappa shape index (κ3) is 33.1. The molecule has 15 heavy (non-hydrogen) atoms. The predicted molar refractivity (Wildman–Crippen MR) is 59.1 cm³/mol. The van der Waals surface area contributed by atoms with Gasteiger partial charge in [-0.1, -0.05) is 35.9 Å². The molecule has 0 aromatic heterocycles. The van der Waals surface area contributed by atoms with Gasteiger partial charge in [0, 0.05) is 0 Å². The Morgan fingerprint density at radius 1 is 1.40 bits per heavy atom. The van der Waals surface area contributed by atoms with E-state index >= 15 is 0 Å². The molecule has 0 fully saturated rings. The first-order chi connectivity index (χ1) is 6.54. The fourth-order valence-electron chi connectivity index (χ4n) is 0.534. The van der Waals surface area contributed by atoms with Gasteiger partial charge in [-0.25, -0.2) is 15.0 Å². The molecule has 6 heteroatoms. The minimum Gasteiger partial charge on any atom is -0.465 e. The highest BCUT2D eigenvalue weighted by atomic mass is 35.5. The van der Waals surface area contributed by atoms with Crippen LogP contribution in [0.15, 0.2) is 30.3 Å². The molecule has 5 nitrogen and oxygen atoms in total. The number of hydrogen-bond acceptors (Lipinski definition) is 3. The minimum atomic E-state index is -1.33. The van der Waals surface area contributed by atoms with Gasteiger partial charge in [-0.3, -0.25) is 0 Å². The topological polar surface area (TPSA) is 104 Å². The number of nitrogens with two attached hydrogens (primary N) is 1. The highest BCUT2D eigenvalue weighted by molar-refractivity contribution is 5.85. The van der Waals surface area contributed by atoms with Crippen LogP contribution in [0.5, 0.6) is 0 Å². The quantitative estimate of drug-likeness (QED) is 0.470. The van der Waals surface area contributed by atoms with Crippen molar-refractivity contribution in [2.75, 3.05) is 0 Å². The fraction of sp³-hybridized carbons (Fsp3) is 0.111. The van der Waals surface area contributed by atoms with Crippen LogP contribution in [-0.4, -0.2) is 17.3 Å². The number of rotatable bonds is 0. The summed E-state index contributed by atoms with van der Waals surface area (Å²) >= 11 is 0. The average Bonchev–Trinajstić information content (AvgIpc) is 2.05. The molecule has 1 rings (SSSR count). The first-order valence-corrected chi connectivity index (χ1v) is 3.58. The Morgan fingerprint density at radius 2 is 1.67 bits per heavy atom. The summed E-state index contributed by atoms with van der Waals surface area (Å²) < 4.78 is 0. The Bertz CT molecular complexity index is 281. The average molecular weight is 233 g/mol. The Labute approximate surface area is 93.8 Å². The molecule has 84 valence electrons. The maximum absolute atomic E-state index is 8.78. The zero-order chi connectivity index (χ0) is 11.4. The Hall–Kier alpha value is -1.84. The summed E-state index contributed by atoms with van der Waals surface area (Å²) in [4.78, 5) is 17.1. The summed E-state index contributed by atoms with van der Waals surface area (Å²) in [6.45, 7) is 2.08. The van der Waals surface area contributed by atoms with Crippen molar-refractivity contribution in [1.82, 2.24) is 0 Å². The molecule has 0 atom stereocenters. The van der Waals surface area contributed by atoms with Crippen molar-refractivity contribution in [2.24, 2.45) is 5.73 Å². The molecule has 0 unspecified atom stereocenters. The highest BCUT2D eigenvalue weighted by Crippen LogP contribution is 1.92. The van der Waals surface area contributed by atoms with Crippen LogP contribution in [-0.2, 0) is 4.79 Å². The van der Waals surface area contributed by atoms with E-state index in [9.17, 15) is 0 Å². The van der Waals surface area contributed by atoms with E-state index in [0.717, 1.165) is 6.08 Å². The maximum Gasteiger partial charge on any atom is 0.402 e. The lowest BCUT2D eigenvalue weighted by atomic mass is 10.2. The standard InChI is InChI=1S/C7H8.CH3NO2.CHNO.ClH/c1-7-5-3-2-4-6-7;2-1(3)4;2-1-3;/h2-6H,1H3;2H2,(H,3,4);2H;1H. The van der Waals surface area contributed by atoms with Crippen LogP contribution in [0.25, 0.3) is 0 Å². The fourth-order valence-corrected chi connectivity index (χ4v) is 0.534. The number of amides is 1. The van der Waals surface area contributed by atoms with E-state index in [0.29, 0.717) is 0 Å². The van der Waals surface area contributed by atoms with E-state index in [1.54, 1.807) is 0 Å². The normalized spacial score (nSPS) is 6.20. The summed E-state index contributed by atoms with van der Waals surface area (Å²) in [7, 11) is 0. The number of aryl methyl sites for hydroxylation is 1. The summed E-state index contributed by atoms with van der Waals surface area (Å²) in [5, 5.41) is 12.6. The third-order valence-electron chi connectivity index (χ3n) is 0.940. The summed E-state index contributed by atoms with van der Waals surface area (Å²) in [5.74, 6) is 0. The zero-order valence-corrected chi connectivity index (χ0v) is 8.95. The minimum absolute atomic E-state index is 0. The molecule has 1 amide bonds. The van der Waals surface area contributed by atoms with Crippen molar-refractivity contribution in [1.29, 1.82) is 5.41 Å². The van der Waals surface area contributed by atoms with E-state index in [1.807, 2.05) is 18.2 Å². The molecular weight excluding hydrogens is 220 g/mol. The van der Waals surface area contributed by atoms with Crippen LogP contribution < -0.4 is 5.73 Å². The van der Waals surface area contributed by atoms with Crippen LogP contribution in [0.1, 0.15) is 5.56 Å². The van der Waals surface area contributed by atoms with Crippen LogP contribution >= 0.6 is 12.4 Å². The van der Waals surface area contributed by atoms with Crippen molar-refractivity contribution in [3.05, 3.63) is 35.9 Å². The second-order valence-electron chi connectivity index (χ2n) is 2.10. The molecule has 0 aliphatic carbocycles. The summed E-state index contributed by atoms with van der Waals surface area (Å²) in [6, 6.07) is 10.3. The molecule has 0 saturated heterocycles. The molecule has 1 aromatic carbocycles. The number of hydrogen-bond donors (Lipinski definition) is 3. The van der Waals surface area contributed by atoms with Crippen LogP contribution in [0.3, 0.4) is 0 Å². The Kier molecular flexibility index (Phi) is 18.4. The maximum atomic E-state index is 8.78. The number of halogens is 1. The second kappa shape index (κ2) is 14.7. The van der Waals surface area contributed by atoms with E-state index < -0.39 is 6.09 Å². The van der Waals surface area contributed by atoms with Crippen molar-refractivity contribution in [3.8, 4) is 0 Å². The number of benzene rings is 1. The first-order valence-electron chi connectivity index (χ1n) is 3.58. The molecule has 0 radical (unpaired) electrons. The molecule has 0 aliphatic heterocycles. The number of isocyanates is 1. The molecule has 4 N–H and O–H groups in total. The van der Waals surface area contributed by atoms with Gasteiger partial charge in [0.2, 0.25) is 6.08 Å². The number of primary amides is 1. The Balaban J connectivity index is -0.000000158. The molecule has 0 heterocycles. The van der Waals surface area contributed by atoms with Gasteiger partial charge in [0.15, 0.2) is 0 Å². The summed E-state index contributed by atoms with van der Waals surface area (Å²) in [6.07, 6.45) is -0.583. The van der Waals surface area contributed by atoms with Gasteiger partial charge in [-0.15, -0.1) is 12.4 Å². The highest BCUT2D eigenvalue weighted by Gasteiger charge is 1.72. The van der Waals surface area contributed by atoms with Gasteiger partial charge in [0.25, 0.3) is 0 Å². The number of carbonyl (C=O) groups is 1. The molecule has 0 saturated carbocycles. The van der Waals surface area contributed by atoms with Crippen molar-refractivity contribution in [3.63, 3.8) is 0 Å².